The smallest absolute Gasteiger partial charge is 0.309 e. The minimum absolute atomic E-state index is 0.283. The molecule has 4 aliphatic rings. The molecule has 0 amide bonds. The summed E-state index contributed by atoms with van der Waals surface area (Å²) < 4.78 is 0. The van der Waals surface area contributed by atoms with Gasteiger partial charge in [0.2, 0.25) is 0 Å². The second-order valence-electron chi connectivity index (χ2n) is 6.91. The molecule has 108 valence electrons. The van der Waals surface area contributed by atoms with E-state index >= 15 is 0 Å². The molecule has 20 heavy (non-hydrogen) atoms. The summed E-state index contributed by atoms with van der Waals surface area (Å²) >= 11 is 0. The third kappa shape index (κ3) is 2.54. The number of carboxylic acids is 1. The highest BCUT2D eigenvalue weighted by Gasteiger charge is 2.54. The van der Waals surface area contributed by atoms with E-state index in [4.69, 9.17) is 5.73 Å². The Bertz CT molecular complexity index is 448. The summed E-state index contributed by atoms with van der Waals surface area (Å²) in [5, 5.41) is 9.28. The zero-order valence-corrected chi connectivity index (χ0v) is 11.8. The lowest BCUT2D eigenvalue weighted by Crippen LogP contribution is -2.49. The second kappa shape index (κ2) is 5.12. The van der Waals surface area contributed by atoms with Crippen LogP contribution in [-0.2, 0) is 4.79 Å². The summed E-state index contributed by atoms with van der Waals surface area (Å²) in [6.07, 6.45) is 6.92. The maximum atomic E-state index is 11.3. The van der Waals surface area contributed by atoms with Gasteiger partial charge in [-0.3, -0.25) is 4.79 Å². The molecule has 0 unspecified atom stereocenters. The Morgan fingerprint density at radius 3 is 1.75 bits per heavy atom. The molecule has 4 bridgehead atoms. The molecule has 1 aromatic rings. The number of carbonyl (C=O) groups is 1. The van der Waals surface area contributed by atoms with Crippen LogP contribution in [0.25, 0.3) is 0 Å². The molecule has 4 aliphatic carbocycles. The van der Waals surface area contributed by atoms with E-state index in [9.17, 15) is 9.90 Å². The van der Waals surface area contributed by atoms with Crippen LogP contribution in [-0.4, -0.2) is 11.1 Å². The zero-order chi connectivity index (χ0) is 14.2. The summed E-state index contributed by atoms with van der Waals surface area (Å²) in [6, 6.07) is 9.49. The molecule has 0 atom stereocenters. The number of hydrogen-bond donors (Lipinski definition) is 2. The fraction of sp³-hybridized carbons (Fsp3) is 0.588. The standard InChI is InChI=1S/C11H16O2.C6H7N/c12-10(13)11-4-7-1-8(5-11)3-9(2-7)6-11;7-6-4-2-1-3-5-6/h7-9H,1-6H2,(H,12,13);1-5H,7H2. The topological polar surface area (TPSA) is 63.3 Å². The fourth-order valence-corrected chi connectivity index (χ4v) is 4.83. The van der Waals surface area contributed by atoms with E-state index in [-0.39, 0.29) is 5.41 Å². The molecule has 0 aliphatic heterocycles. The van der Waals surface area contributed by atoms with Crippen LogP contribution in [0.5, 0.6) is 0 Å². The number of benzene rings is 1. The van der Waals surface area contributed by atoms with Gasteiger partial charge in [-0.1, -0.05) is 18.2 Å². The molecule has 3 nitrogen and oxygen atoms in total. The summed E-state index contributed by atoms with van der Waals surface area (Å²) in [5.74, 6) is 1.75. The Labute approximate surface area is 120 Å². The van der Waals surface area contributed by atoms with Gasteiger partial charge in [-0.25, -0.2) is 0 Å². The number of nitrogens with two attached hydrogens (primary N) is 1. The van der Waals surface area contributed by atoms with Crippen molar-refractivity contribution >= 4 is 11.7 Å². The first-order valence-corrected chi connectivity index (χ1v) is 7.61. The Morgan fingerprint density at radius 2 is 1.45 bits per heavy atom. The fourth-order valence-electron chi connectivity index (χ4n) is 4.83. The van der Waals surface area contributed by atoms with E-state index in [0.29, 0.717) is 0 Å². The average molecular weight is 273 g/mol. The van der Waals surface area contributed by atoms with Gasteiger partial charge in [0.15, 0.2) is 0 Å². The Hall–Kier alpha value is -1.51. The lowest BCUT2D eigenvalue weighted by molar-refractivity contribution is -0.164. The predicted molar refractivity (Wildman–Crippen MR) is 79.1 cm³/mol. The molecule has 5 rings (SSSR count). The third-order valence-corrected chi connectivity index (χ3v) is 5.29. The van der Waals surface area contributed by atoms with Crippen LogP contribution in [0.1, 0.15) is 38.5 Å². The van der Waals surface area contributed by atoms with Gasteiger partial charge in [0.05, 0.1) is 5.41 Å². The van der Waals surface area contributed by atoms with Gasteiger partial charge in [0.1, 0.15) is 0 Å². The van der Waals surface area contributed by atoms with Gasteiger partial charge in [-0.05, 0) is 68.4 Å². The highest BCUT2D eigenvalue weighted by molar-refractivity contribution is 5.75. The molecule has 4 fully saturated rings. The predicted octanol–water partition coefficient (Wildman–Crippen LogP) is 3.56. The zero-order valence-electron chi connectivity index (χ0n) is 11.8. The van der Waals surface area contributed by atoms with Crippen molar-refractivity contribution in [2.75, 3.05) is 5.73 Å². The maximum Gasteiger partial charge on any atom is 0.309 e. The molecule has 0 saturated heterocycles. The van der Waals surface area contributed by atoms with Gasteiger partial charge in [-0.15, -0.1) is 0 Å². The summed E-state index contributed by atoms with van der Waals surface area (Å²) in [4.78, 5) is 11.3. The molecular weight excluding hydrogens is 250 g/mol. The van der Waals surface area contributed by atoms with Crippen LogP contribution in [0.4, 0.5) is 5.69 Å². The molecule has 4 saturated carbocycles. The third-order valence-electron chi connectivity index (χ3n) is 5.29. The van der Waals surface area contributed by atoms with Gasteiger partial charge in [0.25, 0.3) is 0 Å². The van der Waals surface area contributed by atoms with E-state index in [0.717, 1.165) is 42.7 Å². The molecule has 0 radical (unpaired) electrons. The summed E-state index contributed by atoms with van der Waals surface area (Å²) in [6.45, 7) is 0. The van der Waals surface area contributed by atoms with Crippen molar-refractivity contribution in [1.82, 2.24) is 0 Å². The molecule has 0 spiro atoms. The van der Waals surface area contributed by atoms with E-state index in [1.807, 2.05) is 30.3 Å². The van der Waals surface area contributed by atoms with E-state index in [2.05, 4.69) is 0 Å². The first-order chi connectivity index (χ1) is 9.57. The van der Waals surface area contributed by atoms with Crippen LogP contribution in [0.15, 0.2) is 30.3 Å². The summed E-state index contributed by atoms with van der Waals surface area (Å²) in [5.41, 5.74) is 5.90. The van der Waals surface area contributed by atoms with Crippen molar-refractivity contribution in [2.45, 2.75) is 38.5 Å². The van der Waals surface area contributed by atoms with Crippen LogP contribution in [0.3, 0.4) is 0 Å². The van der Waals surface area contributed by atoms with Crippen molar-refractivity contribution in [1.29, 1.82) is 0 Å². The summed E-state index contributed by atoms with van der Waals surface area (Å²) in [7, 11) is 0. The second-order valence-corrected chi connectivity index (χ2v) is 6.91. The highest BCUT2D eigenvalue weighted by Crippen LogP contribution is 2.59. The van der Waals surface area contributed by atoms with E-state index in [1.165, 1.54) is 19.3 Å². The quantitative estimate of drug-likeness (QED) is 0.769. The van der Waals surface area contributed by atoms with Gasteiger partial charge >= 0.3 is 5.97 Å². The van der Waals surface area contributed by atoms with Crippen molar-refractivity contribution in [2.24, 2.45) is 23.2 Å². The number of anilines is 1. The van der Waals surface area contributed by atoms with Crippen LogP contribution < -0.4 is 5.73 Å². The molecule has 1 aromatic carbocycles. The number of hydrogen-bond acceptors (Lipinski definition) is 2. The lowest BCUT2D eigenvalue weighted by atomic mass is 9.49. The molecule has 0 aromatic heterocycles. The van der Waals surface area contributed by atoms with Crippen LogP contribution in [0, 0.1) is 23.2 Å². The van der Waals surface area contributed by atoms with Crippen molar-refractivity contribution < 1.29 is 9.90 Å². The van der Waals surface area contributed by atoms with E-state index in [1.54, 1.807) is 0 Å². The van der Waals surface area contributed by atoms with Crippen molar-refractivity contribution in [3.8, 4) is 0 Å². The number of rotatable bonds is 1. The van der Waals surface area contributed by atoms with Gasteiger partial charge < -0.3 is 10.8 Å². The van der Waals surface area contributed by atoms with Crippen LogP contribution >= 0.6 is 0 Å². The molecule has 0 heterocycles. The first kappa shape index (κ1) is 13.5. The van der Waals surface area contributed by atoms with Crippen molar-refractivity contribution in [3.05, 3.63) is 30.3 Å². The van der Waals surface area contributed by atoms with Crippen LogP contribution in [0.2, 0.25) is 0 Å². The molecule has 3 heteroatoms. The maximum absolute atomic E-state index is 11.3. The first-order valence-electron chi connectivity index (χ1n) is 7.61. The van der Waals surface area contributed by atoms with E-state index < -0.39 is 5.97 Å². The number of nitrogen functional groups attached to an aromatic ring is 1. The lowest BCUT2D eigenvalue weighted by Gasteiger charge is -2.54. The Kier molecular flexibility index (Phi) is 3.45. The normalized spacial score (nSPS) is 37.1. The number of aliphatic carboxylic acids is 1. The number of carboxylic acid groups (broad SMARTS) is 1. The minimum Gasteiger partial charge on any atom is -0.481 e. The Balaban J connectivity index is 0.000000147. The SMILES string of the molecule is Nc1ccccc1.O=C(O)C12CC3CC(CC(C3)C1)C2. The highest BCUT2D eigenvalue weighted by atomic mass is 16.4. The van der Waals surface area contributed by atoms with Gasteiger partial charge in [0, 0.05) is 5.69 Å². The van der Waals surface area contributed by atoms with Gasteiger partial charge in [-0.2, -0.15) is 0 Å². The number of para-hydroxylation sites is 1. The average Bonchev–Trinajstić information content (AvgIpc) is 2.38. The molecule has 3 N–H and O–H groups in total. The monoisotopic (exact) mass is 273 g/mol. The largest absolute Gasteiger partial charge is 0.481 e. The Morgan fingerprint density at radius 1 is 1.00 bits per heavy atom. The minimum atomic E-state index is -0.508. The molecular formula is C17H23NO2. The van der Waals surface area contributed by atoms with Crippen molar-refractivity contribution in [3.63, 3.8) is 0 Å².